The zero-order valence-electron chi connectivity index (χ0n) is 33.3. The second-order valence-corrected chi connectivity index (χ2v) is 19.7. The van der Waals surface area contributed by atoms with Crippen molar-refractivity contribution in [2.45, 2.75) is 0 Å². The summed E-state index contributed by atoms with van der Waals surface area (Å²) in [4.78, 5) is 0. The van der Waals surface area contributed by atoms with Gasteiger partial charge in [-0.2, -0.15) is 10.5 Å². The van der Waals surface area contributed by atoms with Gasteiger partial charge in [0.2, 0.25) is 0 Å². The van der Waals surface area contributed by atoms with Crippen LogP contribution in [0.1, 0.15) is 11.1 Å². The molecule has 5 nitrogen and oxygen atoms in total. The Labute approximate surface area is 357 Å². The van der Waals surface area contributed by atoms with Gasteiger partial charge in [0.25, 0.3) is 0 Å². The van der Waals surface area contributed by atoms with Gasteiger partial charge in [0, 0.05) is 43.7 Å². The van der Waals surface area contributed by atoms with E-state index in [0.29, 0.717) is 11.1 Å². The van der Waals surface area contributed by atoms with Gasteiger partial charge in [-0.1, -0.05) is 121 Å². The van der Waals surface area contributed by atoms with Crippen LogP contribution in [0.3, 0.4) is 0 Å². The SMILES string of the molecule is N#Cc1cccc([Si](c2ccc(-n3c4ccccc4c4ccccc43)cc2)(c2cccc(C#N)c2)c2cccc(-n3c4ccccc4c4cc5oc6ccccc6c5cc43)c2)c1. The molecule has 0 saturated carbocycles. The molecule has 12 aromatic rings. The minimum Gasteiger partial charge on any atom is -0.456 e. The average Bonchev–Trinajstić information content (AvgIpc) is 3.99. The van der Waals surface area contributed by atoms with Crippen molar-refractivity contribution in [1.82, 2.24) is 9.13 Å². The van der Waals surface area contributed by atoms with Gasteiger partial charge in [-0.05, 0) is 106 Å². The summed E-state index contributed by atoms with van der Waals surface area (Å²) in [5.41, 5.74) is 9.46. The van der Waals surface area contributed by atoms with Crippen LogP contribution in [0, 0.1) is 22.7 Å². The van der Waals surface area contributed by atoms with Crippen LogP contribution in [0.25, 0.3) is 76.9 Å². The number of para-hydroxylation sites is 4. The van der Waals surface area contributed by atoms with Crippen molar-refractivity contribution in [3.63, 3.8) is 0 Å². The molecule has 0 bridgehead atoms. The minimum atomic E-state index is -3.30. The molecule has 0 amide bonds. The fourth-order valence-electron chi connectivity index (χ4n) is 10.0. The molecule has 0 aliphatic carbocycles. The van der Waals surface area contributed by atoms with Gasteiger partial charge in [0.05, 0.1) is 45.3 Å². The van der Waals surface area contributed by atoms with Crippen LogP contribution < -0.4 is 20.7 Å². The van der Waals surface area contributed by atoms with Crippen LogP contribution in [0.15, 0.2) is 211 Å². The third-order valence-corrected chi connectivity index (χ3v) is 17.4. The Morgan fingerprint density at radius 3 is 1.44 bits per heavy atom. The van der Waals surface area contributed by atoms with Crippen LogP contribution in [-0.2, 0) is 0 Å². The van der Waals surface area contributed by atoms with E-state index in [1.807, 2.05) is 36.4 Å². The van der Waals surface area contributed by atoms with Gasteiger partial charge in [-0.15, -0.1) is 0 Å². The van der Waals surface area contributed by atoms with E-state index in [0.717, 1.165) is 86.9 Å². The van der Waals surface area contributed by atoms with Crippen molar-refractivity contribution in [3.8, 4) is 23.5 Å². The molecule has 3 heterocycles. The summed E-state index contributed by atoms with van der Waals surface area (Å²) in [7, 11) is -3.30. The highest BCUT2D eigenvalue weighted by molar-refractivity contribution is 7.20. The van der Waals surface area contributed by atoms with Crippen LogP contribution in [0.2, 0.25) is 0 Å². The fraction of sp³-hybridized carbons (Fsp3) is 0. The van der Waals surface area contributed by atoms with Gasteiger partial charge in [0.1, 0.15) is 11.2 Å². The lowest BCUT2D eigenvalue weighted by Crippen LogP contribution is -2.74. The lowest BCUT2D eigenvalue weighted by Gasteiger charge is -2.35. The first-order valence-electron chi connectivity index (χ1n) is 20.7. The maximum Gasteiger partial charge on any atom is 0.179 e. The van der Waals surface area contributed by atoms with Gasteiger partial charge >= 0.3 is 0 Å². The van der Waals surface area contributed by atoms with E-state index in [-0.39, 0.29) is 0 Å². The topological polar surface area (TPSA) is 70.6 Å². The lowest BCUT2D eigenvalue weighted by atomic mass is 10.1. The van der Waals surface area contributed by atoms with Gasteiger partial charge < -0.3 is 13.6 Å². The molecule has 0 aliphatic rings. The number of hydrogen-bond acceptors (Lipinski definition) is 3. The van der Waals surface area contributed by atoms with Crippen LogP contribution >= 0.6 is 0 Å². The van der Waals surface area contributed by atoms with Crippen molar-refractivity contribution in [2.24, 2.45) is 0 Å². The standard InChI is InChI=1S/C56H34N4OSi/c57-35-37-12-9-15-42(30-37)62(43-16-10-13-38(31-43)36-58,41-28-26-39(27-29-41)59-51-22-5-1-18-45(51)46-19-2-6-23-52(46)59)44-17-11-14-40(32-44)60-53-24-7-3-20-47(53)49-34-56-50(33-54(49)60)48-21-4-8-25-55(48)61-56/h1-34H. The van der Waals surface area contributed by atoms with E-state index in [9.17, 15) is 10.5 Å². The Kier molecular flexibility index (Phi) is 7.92. The summed E-state index contributed by atoms with van der Waals surface area (Å²) in [6.07, 6.45) is 0. The highest BCUT2D eigenvalue weighted by Crippen LogP contribution is 2.38. The number of nitrogens with zero attached hydrogens (tertiary/aromatic N) is 4. The first-order valence-corrected chi connectivity index (χ1v) is 22.7. The Morgan fingerprint density at radius 1 is 0.339 bits per heavy atom. The number of fused-ring (bicyclic) bond motifs is 9. The molecule has 0 saturated heterocycles. The van der Waals surface area contributed by atoms with Crippen molar-refractivity contribution in [1.29, 1.82) is 10.5 Å². The molecular weight excluding hydrogens is 773 g/mol. The molecule has 12 rings (SSSR count). The molecule has 6 heteroatoms. The predicted octanol–water partition coefficient (Wildman–Crippen LogP) is 10.9. The van der Waals surface area contributed by atoms with Gasteiger partial charge in [-0.3, -0.25) is 0 Å². The molecule has 0 N–H and O–H groups in total. The number of nitriles is 2. The Morgan fingerprint density at radius 2 is 0.839 bits per heavy atom. The van der Waals surface area contributed by atoms with E-state index in [1.165, 1.54) is 10.8 Å². The third-order valence-electron chi connectivity index (χ3n) is 12.7. The number of aromatic nitrogens is 2. The zero-order chi connectivity index (χ0) is 41.4. The molecule has 0 fully saturated rings. The molecule has 0 unspecified atom stereocenters. The summed E-state index contributed by atoms with van der Waals surface area (Å²) >= 11 is 0. The Hall–Kier alpha value is -8.42. The molecule has 0 radical (unpaired) electrons. The molecule has 62 heavy (non-hydrogen) atoms. The highest BCUT2D eigenvalue weighted by atomic mass is 28.3. The maximum absolute atomic E-state index is 10.3. The van der Waals surface area contributed by atoms with E-state index in [4.69, 9.17) is 4.42 Å². The lowest BCUT2D eigenvalue weighted by molar-refractivity contribution is 0.669. The Balaban J connectivity index is 1.15. The zero-order valence-corrected chi connectivity index (χ0v) is 34.3. The van der Waals surface area contributed by atoms with Crippen molar-refractivity contribution in [2.75, 3.05) is 0 Å². The fourth-order valence-corrected chi connectivity index (χ4v) is 14.9. The number of furan rings is 1. The summed E-state index contributed by atoms with van der Waals surface area (Å²) in [6.45, 7) is 0. The van der Waals surface area contributed by atoms with Crippen molar-refractivity contribution >= 4 is 94.4 Å². The monoisotopic (exact) mass is 806 g/mol. The summed E-state index contributed by atoms with van der Waals surface area (Å²) in [6, 6.07) is 77.4. The number of rotatable bonds is 6. The summed E-state index contributed by atoms with van der Waals surface area (Å²) in [5, 5.41) is 31.9. The number of hydrogen-bond donors (Lipinski definition) is 0. The smallest absolute Gasteiger partial charge is 0.179 e. The highest BCUT2D eigenvalue weighted by Gasteiger charge is 2.42. The quantitative estimate of drug-likeness (QED) is 0.124. The first kappa shape index (κ1) is 35.5. The van der Waals surface area contributed by atoms with E-state index in [2.05, 4.69) is 191 Å². The summed E-state index contributed by atoms with van der Waals surface area (Å²) < 4.78 is 11.1. The van der Waals surface area contributed by atoms with Gasteiger partial charge in [-0.25, -0.2) is 0 Å². The first-order chi connectivity index (χ1) is 30.6. The molecule has 0 spiro atoms. The van der Waals surface area contributed by atoms with Crippen molar-refractivity contribution in [3.05, 3.63) is 217 Å². The molecule has 3 aromatic heterocycles. The van der Waals surface area contributed by atoms with Crippen LogP contribution in [0.5, 0.6) is 0 Å². The van der Waals surface area contributed by atoms with Crippen LogP contribution in [-0.4, -0.2) is 17.2 Å². The molecule has 0 aliphatic heterocycles. The maximum atomic E-state index is 10.3. The van der Waals surface area contributed by atoms with E-state index in [1.54, 1.807) is 0 Å². The minimum absolute atomic E-state index is 0.590. The van der Waals surface area contributed by atoms with Gasteiger partial charge in [0.15, 0.2) is 8.07 Å². The normalized spacial score (nSPS) is 11.8. The average molecular weight is 807 g/mol. The summed E-state index contributed by atoms with van der Waals surface area (Å²) in [5.74, 6) is 0. The predicted molar refractivity (Wildman–Crippen MR) is 255 cm³/mol. The van der Waals surface area contributed by atoms with E-state index >= 15 is 0 Å². The Bertz CT molecular complexity index is 3750. The third kappa shape index (κ3) is 5.18. The second kappa shape index (κ2) is 13.8. The largest absolute Gasteiger partial charge is 0.456 e. The van der Waals surface area contributed by atoms with Crippen molar-refractivity contribution < 1.29 is 4.42 Å². The molecule has 9 aromatic carbocycles. The van der Waals surface area contributed by atoms with Crippen LogP contribution in [0.4, 0.5) is 0 Å². The second-order valence-electron chi connectivity index (χ2n) is 15.9. The molecule has 0 atom stereocenters. The number of benzene rings is 9. The molecular formula is C56H34N4OSi. The van der Waals surface area contributed by atoms with E-state index < -0.39 is 8.07 Å². The molecule has 288 valence electrons.